The van der Waals surface area contributed by atoms with Crippen LogP contribution in [0.3, 0.4) is 0 Å². The van der Waals surface area contributed by atoms with Gasteiger partial charge in [-0.2, -0.15) is 0 Å². The second-order valence-corrected chi connectivity index (χ2v) is 7.72. The lowest BCUT2D eigenvalue weighted by molar-refractivity contribution is 0.0857. The zero-order valence-corrected chi connectivity index (χ0v) is 18.0. The Labute approximate surface area is 179 Å². The molecule has 2 aromatic carbocycles. The number of hydrogen-bond donors (Lipinski definition) is 2. The first-order valence-corrected chi connectivity index (χ1v) is 10.6. The van der Waals surface area contributed by atoms with Crippen LogP contribution in [0.15, 0.2) is 46.9 Å². The van der Waals surface area contributed by atoms with E-state index in [4.69, 9.17) is 9.47 Å². The van der Waals surface area contributed by atoms with Gasteiger partial charge >= 0.3 is 0 Å². The van der Waals surface area contributed by atoms with Crippen molar-refractivity contribution >= 4 is 33.4 Å². The molecule has 0 spiro atoms. The highest BCUT2D eigenvalue weighted by atomic mass is 79.9. The summed E-state index contributed by atoms with van der Waals surface area (Å²) in [7, 11) is 0. The van der Waals surface area contributed by atoms with E-state index in [0.29, 0.717) is 35.7 Å². The van der Waals surface area contributed by atoms with Crippen molar-refractivity contribution in [1.29, 1.82) is 0 Å². The van der Waals surface area contributed by atoms with Crippen molar-refractivity contribution in [2.45, 2.75) is 32.3 Å². The van der Waals surface area contributed by atoms with Gasteiger partial charge in [0.2, 0.25) is 0 Å². The molecule has 1 unspecified atom stereocenters. The molecule has 1 aliphatic rings. The number of halogens is 1. The predicted molar refractivity (Wildman–Crippen MR) is 116 cm³/mol. The van der Waals surface area contributed by atoms with Crippen LogP contribution in [-0.4, -0.2) is 37.7 Å². The van der Waals surface area contributed by atoms with Crippen LogP contribution in [0.4, 0.5) is 5.69 Å². The molecule has 154 valence electrons. The average Bonchev–Trinajstić information content (AvgIpc) is 3.25. The lowest BCUT2D eigenvalue weighted by atomic mass is 10.1. The van der Waals surface area contributed by atoms with Gasteiger partial charge in [-0.25, -0.2) is 0 Å². The largest absolute Gasteiger partial charge is 0.492 e. The summed E-state index contributed by atoms with van der Waals surface area (Å²) in [6, 6.07) is 12.0. The maximum Gasteiger partial charge on any atom is 0.255 e. The summed E-state index contributed by atoms with van der Waals surface area (Å²) in [5.41, 5.74) is 1.67. The maximum atomic E-state index is 12.5. The quantitative estimate of drug-likeness (QED) is 0.611. The summed E-state index contributed by atoms with van der Waals surface area (Å²) in [4.78, 5) is 24.7. The summed E-state index contributed by atoms with van der Waals surface area (Å²) in [5.74, 6) is 0.329. The van der Waals surface area contributed by atoms with Gasteiger partial charge in [0.25, 0.3) is 11.8 Å². The molecular weight excluding hydrogens is 436 g/mol. The average molecular weight is 461 g/mol. The zero-order chi connectivity index (χ0) is 20.6. The fraction of sp³-hybridized carbons (Fsp3) is 0.364. The molecule has 1 saturated heterocycles. The van der Waals surface area contributed by atoms with Crippen molar-refractivity contribution in [3.8, 4) is 5.75 Å². The number of carbonyl (C=O) groups excluding carboxylic acids is 2. The van der Waals surface area contributed by atoms with Crippen molar-refractivity contribution in [2.24, 2.45) is 0 Å². The first-order chi connectivity index (χ1) is 14.1. The number of nitrogens with one attached hydrogen (secondary N) is 2. The topological polar surface area (TPSA) is 76.7 Å². The molecule has 1 heterocycles. The van der Waals surface area contributed by atoms with E-state index in [2.05, 4.69) is 26.6 Å². The Morgan fingerprint density at radius 1 is 1.14 bits per heavy atom. The van der Waals surface area contributed by atoms with Crippen LogP contribution in [-0.2, 0) is 4.74 Å². The summed E-state index contributed by atoms with van der Waals surface area (Å²) in [6.07, 6.45) is 3.04. The molecule has 2 N–H and O–H groups in total. The Morgan fingerprint density at radius 3 is 2.55 bits per heavy atom. The minimum atomic E-state index is -0.233. The Kier molecular flexibility index (Phi) is 7.66. The van der Waals surface area contributed by atoms with E-state index >= 15 is 0 Å². The molecular formula is C22H25BrN2O4. The number of amides is 2. The highest BCUT2D eigenvalue weighted by Gasteiger charge is 2.17. The van der Waals surface area contributed by atoms with Gasteiger partial charge in [0, 0.05) is 30.0 Å². The molecule has 6 nitrogen and oxygen atoms in total. The van der Waals surface area contributed by atoms with Crippen molar-refractivity contribution in [2.75, 3.05) is 25.1 Å². The third kappa shape index (κ3) is 6.05. The first-order valence-electron chi connectivity index (χ1n) is 9.80. The molecule has 29 heavy (non-hydrogen) atoms. The number of benzene rings is 2. The molecule has 1 atom stereocenters. The van der Waals surface area contributed by atoms with Gasteiger partial charge in [-0.1, -0.05) is 6.92 Å². The van der Waals surface area contributed by atoms with Crippen LogP contribution in [0.2, 0.25) is 0 Å². The molecule has 0 saturated carbocycles. The number of rotatable bonds is 8. The third-order valence-electron chi connectivity index (χ3n) is 4.57. The zero-order valence-electron chi connectivity index (χ0n) is 16.4. The maximum absolute atomic E-state index is 12.5. The second-order valence-electron chi connectivity index (χ2n) is 6.87. The van der Waals surface area contributed by atoms with Crippen molar-refractivity contribution in [3.05, 3.63) is 58.1 Å². The summed E-state index contributed by atoms with van der Waals surface area (Å²) < 4.78 is 11.8. The van der Waals surface area contributed by atoms with Crippen molar-refractivity contribution in [3.63, 3.8) is 0 Å². The lowest BCUT2D eigenvalue weighted by Crippen LogP contribution is -2.31. The molecule has 3 rings (SSSR count). The van der Waals surface area contributed by atoms with Gasteiger partial charge < -0.3 is 20.1 Å². The minimum Gasteiger partial charge on any atom is -0.492 e. The fourth-order valence-electron chi connectivity index (χ4n) is 2.99. The smallest absolute Gasteiger partial charge is 0.255 e. The van der Waals surface area contributed by atoms with Crippen molar-refractivity contribution < 1.29 is 19.1 Å². The molecule has 0 aromatic heterocycles. The molecule has 0 bridgehead atoms. The SMILES string of the molecule is CCCOc1ccc(C(=O)Nc2ccc(C(=O)NCC3CCCO3)cc2)cc1Br. The molecule has 0 aliphatic carbocycles. The van der Waals surface area contributed by atoms with Gasteiger partial charge in [-0.15, -0.1) is 0 Å². The number of ether oxygens (including phenoxy) is 2. The van der Waals surface area contributed by atoms with Gasteiger partial charge in [0.1, 0.15) is 5.75 Å². The molecule has 2 amide bonds. The normalized spacial score (nSPS) is 15.7. The standard InChI is InChI=1S/C22H25BrN2O4/c1-2-11-29-20-10-7-16(13-19(20)23)22(27)25-17-8-5-15(6-9-17)21(26)24-14-18-4-3-12-28-18/h5-10,13,18H,2-4,11-12,14H2,1H3,(H,24,26)(H,25,27). The highest BCUT2D eigenvalue weighted by Crippen LogP contribution is 2.26. The Balaban J connectivity index is 1.55. The number of anilines is 1. The van der Waals surface area contributed by atoms with Gasteiger partial charge in [0.15, 0.2) is 0 Å². The van der Waals surface area contributed by atoms with E-state index < -0.39 is 0 Å². The van der Waals surface area contributed by atoms with E-state index in [1.165, 1.54) is 0 Å². The van der Waals surface area contributed by atoms with E-state index in [9.17, 15) is 9.59 Å². The molecule has 2 aromatic rings. The second kappa shape index (κ2) is 10.4. The highest BCUT2D eigenvalue weighted by molar-refractivity contribution is 9.10. The predicted octanol–water partition coefficient (Wildman–Crippen LogP) is 4.40. The Morgan fingerprint density at radius 2 is 1.90 bits per heavy atom. The number of hydrogen-bond acceptors (Lipinski definition) is 4. The molecule has 1 fully saturated rings. The van der Waals surface area contributed by atoms with Crippen LogP contribution in [0.5, 0.6) is 5.75 Å². The first kappa shape index (κ1) is 21.3. The summed E-state index contributed by atoms with van der Waals surface area (Å²) in [6.45, 7) is 3.94. The van der Waals surface area contributed by atoms with E-state index in [1.807, 2.05) is 6.92 Å². The third-order valence-corrected chi connectivity index (χ3v) is 5.19. The van der Waals surface area contributed by atoms with Gasteiger partial charge in [-0.3, -0.25) is 9.59 Å². The van der Waals surface area contributed by atoms with Crippen LogP contribution < -0.4 is 15.4 Å². The monoisotopic (exact) mass is 460 g/mol. The molecule has 0 radical (unpaired) electrons. The van der Waals surface area contributed by atoms with Crippen molar-refractivity contribution in [1.82, 2.24) is 5.32 Å². The Hall–Kier alpha value is -2.38. The van der Waals surface area contributed by atoms with Crippen LogP contribution in [0.1, 0.15) is 46.9 Å². The van der Waals surface area contributed by atoms with Crippen LogP contribution in [0.25, 0.3) is 0 Å². The molecule has 1 aliphatic heterocycles. The lowest BCUT2D eigenvalue weighted by Gasteiger charge is -2.11. The molecule has 7 heteroatoms. The van der Waals surface area contributed by atoms with Crippen LogP contribution >= 0.6 is 15.9 Å². The van der Waals surface area contributed by atoms with E-state index in [0.717, 1.165) is 30.3 Å². The number of carbonyl (C=O) groups is 2. The van der Waals surface area contributed by atoms with E-state index in [1.54, 1.807) is 42.5 Å². The van der Waals surface area contributed by atoms with Gasteiger partial charge in [-0.05, 0) is 77.7 Å². The van der Waals surface area contributed by atoms with Crippen LogP contribution in [0, 0.1) is 0 Å². The summed E-state index contributed by atoms with van der Waals surface area (Å²) in [5, 5.41) is 5.72. The van der Waals surface area contributed by atoms with Gasteiger partial charge in [0.05, 0.1) is 17.2 Å². The Bertz CT molecular complexity index is 848. The fourth-order valence-corrected chi connectivity index (χ4v) is 3.49. The minimum absolute atomic E-state index is 0.107. The van der Waals surface area contributed by atoms with E-state index in [-0.39, 0.29) is 17.9 Å². The summed E-state index contributed by atoms with van der Waals surface area (Å²) >= 11 is 3.44.